The maximum atomic E-state index is 10.3. The lowest BCUT2D eigenvalue weighted by atomic mass is 9.83. The van der Waals surface area contributed by atoms with E-state index in [1.807, 2.05) is 19.1 Å². The molecule has 1 aromatic carbocycles. The maximum Gasteiger partial charge on any atom is 0.0685 e. The van der Waals surface area contributed by atoms with Crippen LogP contribution >= 0.6 is 15.9 Å². The van der Waals surface area contributed by atoms with Crippen molar-refractivity contribution >= 4 is 15.9 Å². The molecule has 0 saturated heterocycles. The summed E-state index contributed by atoms with van der Waals surface area (Å²) in [6.07, 6.45) is 1.72. The number of hydrogen-bond acceptors (Lipinski definition) is 1. The van der Waals surface area contributed by atoms with Gasteiger partial charge in [0.1, 0.15) is 0 Å². The average molecular weight is 271 g/mol. The average Bonchev–Trinajstić information content (AvgIpc) is 2.20. The highest BCUT2D eigenvalue weighted by atomic mass is 79.9. The van der Waals surface area contributed by atoms with Gasteiger partial charge in [0, 0.05) is 10.9 Å². The zero-order valence-corrected chi connectivity index (χ0v) is 11.2. The fourth-order valence-corrected chi connectivity index (χ4v) is 1.89. The molecular weight excluding hydrogens is 252 g/mol. The van der Waals surface area contributed by atoms with Crippen molar-refractivity contribution in [3.05, 3.63) is 34.3 Å². The van der Waals surface area contributed by atoms with Gasteiger partial charge in [-0.05, 0) is 30.5 Å². The lowest BCUT2D eigenvalue weighted by Gasteiger charge is -2.29. The summed E-state index contributed by atoms with van der Waals surface area (Å²) in [5.41, 5.74) is 0.575. The van der Waals surface area contributed by atoms with Gasteiger partial charge in [0.05, 0.1) is 5.60 Å². The van der Waals surface area contributed by atoms with Gasteiger partial charge in [0.25, 0.3) is 0 Å². The quantitative estimate of drug-likeness (QED) is 0.883. The molecule has 0 aliphatic rings. The van der Waals surface area contributed by atoms with Gasteiger partial charge in [-0.2, -0.15) is 0 Å². The molecule has 1 rings (SSSR count). The molecule has 0 radical (unpaired) electrons. The van der Waals surface area contributed by atoms with Crippen LogP contribution in [0.5, 0.6) is 0 Å². The van der Waals surface area contributed by atoms with E-state index in [1.165, 1.54) is 5.56 Å². The van der Waals surface area contributed by atoms with Gasteiger partial charge < -0.3 is 5.11 Å². The van der Waals surface area contributed by atoms with Crippen LogP contribution in [-0.4, -0.2) is 10.7 Å². The van der Waals surface area contributed by atoms with Crippen molar-refractivity contribution in [2.45, 2.75) is 39.2 Å². The molecule has 15 heavy (non-hydrogen) atoms. The van der Waals surface area contributed by atoms with Gasteiger partial charge >= 0.3 is 0 Å². The smallest absolute Gasteiger partial charge is 0.0685 e. The fraction of sp³-hybridized carbons (Fsp3) is 0.538. The molecule has 2 atom stereocenters. The summed E-state index contributed by atoms with van der Waals surface area (Å²) in [5.74, 6) is 0.321. The summed E-state index contributed by atoms with van der Waals surface area (Å²) < 4.78 is 1.08. The molecule has 0 heterocycles. The predicted octanol–water partition coefficient (Wildman–Crippen LogP) is 3.79. The lowest BCUT2D eigenvalue weighted by molar-refractivity contribution is 0.00517. The van der Waals surface area contributed by atoms with Crippen LogP contribution in [0.4, 0.5) is 0 Å². The van der Waals surface area contributed by atoms with Crippen LogP contribution in [0.1, 0.15) is 32.8 Å². The standard InChI is InChI=1S/C13H19BrO/c1-4-10(2)13(3,15)9-11-5-7-12(14)8-6-11/h5-8,10,15H,4,9H2,1-3H3. The fourth-order valence-electron chi connectivity index (χ4n) is 1.63. The summed E-state index contributed by atoms with van der Waals surface area (Å²) in [6, 6.07) is 8.14. The third-order valence-corrected chi connectivity index (χ3v) is 3.68. The Balaban J connectivity index is 2.72. The van der Waals surface area contributed by atoms with E-state index in [4.69, 9.17) is 0 Å². The molecule has 0 saturated carbocycles. The molecule has 0 spiro atoms. The summed E-state index contributed by atoms with van der Waals surface area (Å²) in [5, 5.41) is 10.3. The third kappa shape index (κ3) is 3.62. The first kappa shape index (κ1) is 12.7. The van der Waals surface area contributed by atoms with Crippen LogP contribution in [-0.2, 0) is 6.42 Å². The van der Waals surface area contributed by atoms with Crippen LogP contribution in [0.3, 0.4) is 0 Å². The predicted molar refractivity (Wildman–Crippen MR) is 67.9 cm³/mol. The van der Waals surface area contributed by atoms with Gasteiger partial charge in [-0.3, -0.25) is 0 Å². The topological polar surface area (TPSA) is 20.2 Å². The van der Waals surface area contributed by atoms with E-state index in [9.17, 15) is 5.11 Å². The van der Waals surface area contributed by atoms with Crippen LogP contribution < -0.4 is 0 Å². The highest BCUT2D eigenvalue weighted by Gasteiger charge is 2.26. The van der Waals surface area contributed by atoms with Crippen LogP contribution in [0.15, 0.2) is 28.7 Å². The highest BCUT2D eigenvalue weighted by Crippen LogP contribution is 2.25. The molecule has 2 unspecified atom stereocenters. The summed E-state index contributed by atoms with van der Waals surface area (Å²) in [7, 11) is 0. The van der Waals surface area contributed by atoms with E-state index in [2.05, 4.69) is 41.9 Å². The normalized spacial score (nSPS) is 17.1. The molecule has 84 valence electrons. The first-order chi connectivity index (χ1) is 6.95. The van der Waals surface area contributed by atoms with Gasteiger partial charge in [0.2, 0.25) is 0 Å². The Morgan fingerprint density at radius 2 is 1.87 bits per heavy atom. The van der Waals surface area contributed by atoms with Crippen LogP contribution in [0.25, 0.3) is 0 Å². The summed E-state index contributed by atoms with van der Waals surface area (Å²) >= 11 is 3.41. The van der Waals surface area contributed by atoms with E-state index >= 15 is 0 Å². The van der Waals surface area contributed by atoms with Crippen LogP contribution in [0, 0.1) is 5.92 Å². The lowest BCUT2D eigenvalue weighted by Crippen LogP contribution is -2.34. The zero-order chi connectivity index (χ0) is 11.5. The minimum Gasteiger partial charge on any atom is -0.390 e. The van der Waals surface area contributed by atoms with E-state index < -0.39 is 5.60 Å². The molecule has 1 nitrogen and oxygen atoms in total. The van der Waals surface area contributed by atoms with Gasteiger partial charge in [-0.1, -0.05) is 48.3 Å². The molecule has 0 amide bonds. The van der Waals surface area contributed by atoms with Crippen molar-refractivity contribution in [2.24, 2.45) is 5.92 Å². The number of halogens is 1. The van der Waals surface area contributed by atoms with E-state index in [1.54, 1.807) is 0 Å². The largest absolute Gasteiger partial charge is 0.390 e. The Bertz CT molecular complexity index is 303. The Kier molecular flexibility index (Phi) is 4.35. The maximum absolute atomic E-state index is 10.3. The van der Waals surface area contributed by atoms with E-state index in [-0.39, 0.29) is 0 Å². The molecule has 0 fully saturated rings. The summed E-state index contributed by atoms with van der Waals surface area (Å²) in [6.45, 7) is 6.13. The Hall–Kier alpha value is -0.340. The number of rotatable bonds is 4. The van der Waals surface area contributed by atoms with Gasteiger partial charge in [-0.15, -0.1) is 0 Å². The molecule has 2 heteroatoms. The molecule has 0 aromatic heterocycles. The minimum atomic E-state index is -0.609. The second-order valence-electron chi connectivity index (χ2n) is 4.47. The first-order valence-electron chi connectivity index (χ1n) is 5.42. The van der Waals surface area contributed by atoms with Gasteiger partial charge in [0.15, 0.2) is 0 Å². The Labute approximate surface area is 101 Å². The third-order valence-electron chi connectivity index (χ3n) is 3.15. The molecule has 1 aromatic rings. The summed E-state index contributed by atoms with van der Waals surface area (Å²) in [4.78, 5) is 0. The molecule has 0 aliphatic carbocycles. The molecule has 0 aliphatic heterocycles. The number of hydrogen-bond donors (Lipinski definition) is 1. The number of aliphatic hydroxyl groups is 1. The Morgan fingerprint density at radius 1 is 1.33 bits per heavy atom. The highest BCUT2D eigenvalue weighted by molar-refractivity contribution is 9.10. The SMILES string of the molecule is CCC(C)C(C)(O)Cc1ccc(Br)cc1. The van der Waals surface area contributed by atoms with Crippen molar-refractivity contribution < 1.29 is 5.11 Å². The zero-order valence-electron chi connectivity index (χ0n) is 9.63. The monoisotopic (exact) mass is 270 g/mol. The van der Waals surface area contributed by atoms with E-state index in [0.29, 0.717) is 5.92 Å². The number of benzene rings is 1. The van der Waals surface area contributed by atoms with Gasteiger partial charge in [-0.25, -0.2) is 0 Å². The molecule has 0 bridgehead atoms. The van der Waals surface area contributed by atoms with Crippen molar-refractivity contribution in [1.82, 2.24) is 0 Å². The molecular formula is C13H19BrO. The van der Waals surface area contributed by atoms with Crippen molar-refractivity contribution in [1.29, 1.82) is 0 Å². The van der Waals surface area contributed by atoms with Crippen molar-refractivity contribution in [2.75, 3.05) is 0 Å². The second-order valence-corrected chi connectivity index (χ2v) is 5.39. The van der Waals surface area contributed by atoms with Crippen molar-refractivity contribution in [3.8, 4) is 0 Å². The minimum absolute atomic E-state index is 0.321. The van der Waals surface area contributed by atoms with Crippen LogP contribution in [0.2, 0.25) is 0 Å². The van der Waals surface area contributed by atoms with E-state index in [0.717, 1.165) is 17.3 Å². The van der Waals surface area contributed by atoms with Crippen molar-refractivity contribution in [3.63, 3.8) is 0 Å². The second kappa shape index (κ2) is 5.13. The first-order valence-corrected chi connectivity index (χ1v) is 6.22. The molecule has 1 N–H and O–H groups in total. The Morgan fingerprint density at radius 3 is 2.33 bits per heavy atom.